The van der Waals surface area contributed by atoms with Gasteiger partial charge < -0.3 is 19.2 Å². The number of hydrogen-bond acceptors (Lipinski definition) is 5. The van der Waals surface area contributed by atoms with Crippen LogP contribution in [0.4, 0.5) is 0 Å². The van der Waals surface area contributed by atoms with E-state index in [2.05, 4.69) is 9.88 Å². The average Bonchev–Trinajstić information content (AvgIpc) is 3.22. The van der Waals surface area contributed by atoms with Gasteiger partial charge in [0.1, 0.15) is 29.6 Å². The highest BCUT2D eigenvalue weighted by atomic mass is 35.5. The predicted octanol–water partition coefficient (Wildman–Crippen LogP) is 6.40. The lowest BCUT2D eigenvalue weighted by atomic mass is 10.0. The molecule has 0 fully saturated rings. The molecule has 0 aliphatic rings. The second-order valence-electron chi connectivity index (χ2n) is 7.43. The van der Waals surface area contributed by atoms with Gasteiger partial charge in [-0.15, -0.1) is 12.4 Å². The van der Waals surface area contributed by atoms with Crippen LogP contribution in [0.5, 0.6) is 11.5 Å². The smallest absolute Gasteiger partial charge is 0.142 e. The molecular weight excluding hydrogens is 447 g/mol. The van der Waals surface area contributed by atoms with Crippen molar-refractivity contribution >= 4 is 24.0 Å². The maximum atomic E-state index is 10.1. The number of furan rings is 1. The number of aromatic hydroxyl groups is 1. The topological polar surface area (TPSA) is 58.7 Å². The molecule has 0 saturated heterocycles. The molecule has 5 nitrogen and oxygen atoms in total. The number of halogens is 2. The Kier molecular flexibility index (Phi) is 7.80. The number of rotatable bonds is 7. The molecule has 0 amide bonds. The molecule has 7 heteroatoms. The Morgan fingerprint density at radius 1 is 0.938 bits per heavy atom. The lowest BCUT2D eigenvalue weighted by Gasteiger charge is -2.11. The molecule has 0 saturated carbocycles. The Labute approximate surface area is 198 Å². The first-order valence-corrected chi connectivity index (χ1v) is 10.3. The number of likely N-dealkylation sites (N-methyl/N-ethyl adjacent to an activating group) is 1. The standard InChI is InChI=1S/C25H23ClN2O3.ClH/c1-28(2)13-14-30-20-6-3-17(4-7-20)24-16-21(19-5-8-22(26)23(29)15-19)25(31-24)18-9-11-27-12-10-18;/h3-12,15-16,29H,13-14H2,1-2H3;1H. The first-order valence-electron chi connectivity index (χ1n) is 9.92. The van der Waals surface area contributed by atoms with Gasteiger partial charge in [-0.25, -0.2) is 0 Å². The Balaban J connectivity index is 0.00000289. The highest BCUT2D eigenvalue weighted by molar-refractivity contribution is 6.32. The molecule has 1 N–H and O–H groups in total. The molecule has 2 aromatic carbocycles. The van der Waals surface area contributed by atoms with Gasteiger partial charge in [0.25, 0.3) is 0 Å². The van der Waals surface area contributed by atoms with Gasteiger partial charge in [0.05, 0.1) is 5.02 Å². The molecule has 0 aliphatic carbocycles. The normalized spacial score (nSPS) is 10.8. The third kappa shape index (κ3) is 5.43. The zero-order valence-electron chi connectivity index (χ0n) is 17.8. The number of phenols is 1. The number of hydrogen-bond donors (Lipinski definition) is 1. The van der Waals surface area contributed by atoms with Crippen molar-refractivity contribution < 1.29 is 14.3 Å². The van der Waals surface area contributed by atoms with Crippen molar-refractivity contribution in [2.45, 2.75) is 0 Å². The fourth-order valence-electron chi connectivity index (χ4n) is 3.21. The average molecular weight is 471 g/mol. The fourth-order valence-corrected chi connectivity index (χ4v) is 3.32. The van der Waals surface area contributed by atoms with E-state index >= 15 is 0 Å². The summed E-state index contributed by atoms with van der Waals surface area (Å²) in [5, 5.41) is 10.4. The van der Waals surface area contributed by atoms with Gasteiger partial charge in [-0.1, -0.05) is 17.7 Å². The molecule has 2 heterocycles. The van der Waals surface area contributed by atoms with Crippen molar-refractivity contribution in [2.24, 2.45) is 0 Å². The van der Waals surface area contributed by atoms with E-state index in [1.807, 2.05) is 62.6 Å². The monoisotopic (exact) mass is 470 g/mol. The molecule has 0 unspecified atom stereocenters. The van der Waals surface area contributed by atoms with Gasteiger partial charge in [0.15, 0.2) is 0 Å². The Hall–Kier alpha value is -2.99. The minimum absolute atomic E-state index is 0. The van der Waals surface area contributed by atoms with Crippen molar-refractivity contribution in [3.05, 3.63) is 78.1 Å². The summed E-state index contributed by atoms with van der Waals surface area (Å²) >= 11 is 6.00. The molecule has 32 heavy (non-hydrogen) atoms. The summed E-state index contributed by atoms with van der Waals surface area (Å²) in [4.78, 5) is 6.17. The number of pyridine rings is 1. The van der Waals surface area contributed by atoms with Crippen LogP contribution in [0.1, 0.15) is 0 Å². The van der Waals surface area contributed by atoms with Crippen molar-refractivity contribution in [3.63, 3.8) is 0 Å². The molecule has 4 aromatic rings. The number of ether oxygens (including phenoxy) is 1. The second kappa shape index (κ2) is 10.6. The van der Waals surface area contributed by atoms with Gasteiger partial charge in [0, 0.05) is 35.6 Å². The first kappa shape index (κ1) is 23.7. The van der Waals surface area contributed by atoms with E-state index in [0.717, 1.165) is 40.3 Å². The lowest BCUT2D eigenvalue weighted by Crippen LogP contribution is -2.19. The largest absolute Gasteiger partial charge is 0.506 e. The summed E-state index contributed by atoms with van der Waals surface area (Å²) in [6.45, 7) is 1.48. The van der Waals surface area contributed by atoms with Crippen molar-refractivity contribution in [2.75, 3.05) is 27.2 Å². The number of aromatic nitrogens is 1. The van der Waals surface area contributed by atoms with Crippen LogP contribution in [-0.4, -0.2) is 42.2 Å². The van der Waals surface area contributed by atoms with E-state index in [1.165, 1.54) is 0 Å². The molecule has 0 spiro atoms. The van der Waals surface area contributed by atoms with Crippen LogP contribution in [0.3, 0.4) is 0 Å². The maximum Gasteiger partial charge on any atom is 0.142 e. The Morgan fingerprint density at radius 3 is 2.28 bits per heavy atom. The quantitative estimate of drug-likeness (QED) is 0.338. The van der Waals surface area contributed by atoms with Crippen LogP contribution in [0.2, 0.25) is 5.02 Å². The maximum absolute atomic E-state index is 10.1. The molecule has 166 valence electrons. The zero-order valence-corrected chi connectivity index (χ0v) is 19.4. The zero-order chi connectivity index (χ0) is 21.8. The summed E-state index contributed by atoms with van der Waals surface area (Å²) in [5.74, 6) is 2.26. The van der Waals surface area contributed by atoms with E-state index in [0.29, 0.717) is 17.4 Å². The van der Waals surface area contributed by atoms with Gasteiger partial charge in [-0.2, -0.15) is 0 Å². The molecule has 0 bridgehead atoms. The van der Waals surface area contributed by atoms with Gasteiger partial charge in [-0.3, -0.25) is 4.98 Å². The molecule has 2 aromatic heterocycles. The third-order valence-electron chi connectivity index (χ3n) is 4.88. The van der Waals surface area contributed by atoms with Crippen molar-refractivity contribution in [1.29, 1.82) is 0 Å². The molecule has 4 rings (SSSR count). The second-order valence-corrected chi connectivity index (χ2v) is 7.84. The minimum Gasteiger partial charge on any atom is -0.506 e. The summed E-state index contributed by atoms with van der Waals surface area (Å²) < 4.78 is 12.1. The third-order valence-corrected chi connectivity index (χ3v) is 5.20. The van der Waals surface area contributed by atoms with Crippen LogP contribution < -0.4 is 4.74 Å². The Bertz CT molecular complexity index is 1160. The van der Waals surface area contributed by atoms with Crippen molar-refractivity contribution in [3.8, 4) is 45.3 Å². The van der Waals surface area contributed by atoms with Gasteiger partial charge in [0.2, 0.25) is 0 Å². The van der Waals surface area contributed by atoms with E-state index in [-0.39, 0.29) is 18.2 Å². The van der Waals surface area contributed by atoms with Crippen LogP contribution in [0.15, 0.2) is 77.5 Å². The molecular formula is C25H24Cl2N2O3. The highest BCUT2D eigenvalue weighted by Gasteiger charge is 2.17. The number of phenolic OH excluding ortho intramolecular Hbond substituents is 1. The summed E-state index contributed by atoms with van der Waals surface area (Å²) in [6.07, 6.45) is 3.45. The highest BCUT2D eigenvalue weighted by Crippen LogP contribution is 2.40. The van der Waals surface area contributed by atoms with Gasteiger partial charge >= 0.3 is 0 Å². The van der Waals surface area contributed by atoms with Crippen LogP contribution in [0.25, 0.3) is 33.8 Å². The molecule has 0 aliphatic heterocycles. The van der Waals surface area contributed by atoms with E-state index in [1.54, 1.807) is 24.5 Å². The Morgan fingerprint density at radius 2 is 1.62 bits per heavy atom. The number of benzene rings is 2. The first-order chi connectivity index (χ1) is 15.0. The summed E-state index contributed by atoms with van der Waals surface area (Å²) in [6, 6.07) is 18.8. The minimum atomic E-state index is 0. The number of nitrogens with zero attached hydrogens (tertiary/aromatic N) is 2. The van der Waals surface area contributed by atoms with Crippen LogP contribution >= 0.6 is 24.0 Å². The van der Waals surface area contributed by atoms with Gasteiger partial charge in [-0.05, 0) is 74.3 Å². The predicted molar refractivity (Wildman–Crippen MR) is 131 cm³/mol. The summed E-state index contributed by atoms with van der Waals surface area (Å²) in [5.41, 5.74) is 3.50. The fraction of sp³-hybridized carbons (Fsp3) is 0.160. The summed E-state index contributed by atoms with van der Waals surface area (Å²) in [7, 11) is 4.03. The SMILES string of the molecule is CN(C)CCOc1ccc(-c2cc(-c3ccc(Cl)c(O)c3)c(-c3ccncc3)o2)cc1.Cl. The van der Waals surface area contributed by atoms with E-state index in [9.17, 15) is 5.11 Å². The molecule has 0 atom stereocenters. The van der Waals surface area contributed by atoms with Crippen LogP contribution in [0, 0.1) is 0 Å². The molecule has 0 radical (unpaired) electrons. The van der Waals surface area contributed by atoms with E-state index in [4.69, 9.17) is 20.8 Å². The van der Waals surface area contributed by atoms with Crippen molar-refractivity contribution in [1.82, 2.24) is 9.88 Å². The lowest BCUT2D eigenvalue weighted by molar-refractivity contribution is 0.261. The van der Waals surface area contributed by atoms with Crippen LogP contribution in [-0.2, 0) is 0 Å². The van der Waals surface area contributed by atoms with E-state index < -0.39 is 0 Å².